The monoisotopic (exact) mass is 252 g/mol. The van der Waals surface area contributed by atoms with Gasteiger partial charge in [0.25, 0.3) is 0 Å². The van der Waals surface area contributed by atoms with Gasteiger partial charge in [-0.2, -0.15) is 11.8 Å². The van der Waals surface area contributed by atoms with Gasteiger partial charge in [0.2, 0.25) is 0 Å². The maximum atomic E-state index is 10.7. The van der Waals surface area contributed by atoms with Crippen molar-refractivity contribution in [2.75, 3.05) is 5.75 Å². The highest BCUT2D eigenvalue weighted by Crippen LogP contribution is 2.20. The molecule has 0 radical (unpaired) electrons. The van der Waals surface area contributed by atoms with Crippen LogP contribution in [0.25, 0.3) is 0 Å². The molecule has 17 heavy (non-hydrogen) atoms. The van der Waals surface area contributed by atoms with Crippen LogP contribution in [-0.2, 0) is 17.0 Å². The Hall–Kier alpha value is -0.960. The van der Waals surface area contributed by atoms with E-state index in [4.69, 9.17) is 5.11 Å². The van der Waals surface area contributed by atoms with Gasteiger partial charge in [-0.25, -0.2) is 0 Å². The number of carboxylic acid groups (broad SMARTS) is 1. The van der Waals surface area contributed by atoms with Crippen LogP contribution < -0.4 is 0 Å². The van der Waals surface area contributed by atoms with Crippen molar-refractivity contribution in [2.45, 2.75) is 32.4 Å². The van der Waals surface area contributed by atoms with E-state index < -0.39 is 5.97 Å². The molecule has 0 bridgehead atoms. The fraction of sp³-hybridized carbons (Fsp3) is 0.500. The van der Waals surface area contributed by atoms with Crippen molar-refractivity contribution < 1.29 is 9.90 Å². The molecule has 1 aromatic carbocycles. The van der Waals surface area contributed by atoms with Crippen LogP contribution in [0.5, 0.6) is 0 Å². The van der Waals surface area contributed by atoms with E-state index in [2.05, 4.69) is 13.8 Å². The average Bonchev–Trinajstić information content (AvgIpc) is 2.30. The highest BCUT2D eigenvalue weighted by Gasteiger charge is 2.07. The molecule has 94 valence electrons. The van der Waals surface area contributed by atoms with Crippen molar-refractivity contribution in [1.82, 2.24) is 0 Å². The number of rotatable bonds is 7. The SMILES string of the molecule is CCC(C)CSCc1ccccc1CC(=O)O. The summed E-state index contributed by atoms with van der Waals surface area (Å²) in [5.74, 6) is 2.02. The van der Waals surface area contributed by atoms with E-state index in [0.717, 1.165) is 28.6 Å². The Kier molecular flexibility index (Phi) is 6.12. The van der Waals surface area contributed by atoms with Gasteiger partial charge in [-0.1, -0.05) is 44.5 Å². The van der Waals surface area contributed by atoms with Crippen LogP contribution in [-0.4, -0.2) is 16.8 Å². The van der Waals surface area contributed by atoms with Gasteiger partial charge in [0, 0.05) is 5.75 Å². The number of hydrogen-bond donors (Lipinski definition) is 1. The third-order valence-electron chi connectivity index (χ3n) is 2.82. The van der Waals surface area contributed by atoms with E-state index in [-0.39, 0.29) is 6.42 Å². The summed E-state index contributed by atoms with van der Waals surface area (Å²) < 4.78 is 0. The van der Waals surface area contributed by atoms with Crippen molar-refractivity contribution in [2.24, 2.45) is 5.92 Å². The van der Waals surface area contributed by atoms with Crippen molar-refractivity contribution in [3.05, 3.63) is 35.4 Å². The quantitative estimate of drug-likeness (QED) is 0.805. The van der Waals surface area contributed by atoms with Crippen molar-refractivity contribution in [1.29, 1.82) is 0 Å². The molecule has 1 N–H and O–H groups in total. The molecule has 1 unspecified atom stereocenters. The zero-order valence-corrected chi connectivity index (χ0v) is 11.3. The Morgan fingerprint density at radius 2 is 2.00 bits per heavy atom. The van der Waals surface area contributed by atoms with Gasteiger partial charge >= 0.3 is 5.97 Å². The largest absolute Gasteiger partial charge is 0.481 e. The van der Waals surface area contributed by atoms with Crippen LogP contribution in [0, 0.1) is 5.92 Å². The van der Waals surface area contributed by atoms with Gasteiger partial charge in [0.15, 0.2) is 0 Å². The Balaban J connectivity index is 2.54. The van der Waals surface area contributed by atoms with E-state index in [1.54, 1.807) is 0 Å². The van der Waals surface area contributed by atoms with E-state index in [1.165, 1.54) is 6.42 Å². The smallest absolute Gasteiger partial charge is 0.307 e. The fourth-order valence-corrected chi connectivity index (χ4v) is 2.78. The molecule has 0 spiro atoms. The maximum absolute atomic E-state index is 10.7. The van der Waals surface area contributed by atoms with Crippen LogP contribution >= 0.6 is 11.8 Å². The first kappa shape index (κ1) is 14.1. The standard InChI is InChI=1S/C14H20O2S/c1-3-11(2)9-17-10-13-7-5-4-6-12(13)8-14(15)16/h4-7,11H,3,8-10H2,1-2H3,(H,15,16). The zero-order valence-electron chi connectivity index (χ0n) is 10.5. The van der Waals surface area contributed by atoms with Gasteiger partial charge in [-0.05, 0) is 22.8 Å². The lowest BCUT2D eigenvalue weighted by atomic mass is 10.1. The molecule has 0 aromatic heterocycles. The number of hydrogen-bond acceptors (Lipinski definition) is 2. The predicted molar refractivity (Wildman–Crippen MR) is 73.4 cm³/mol. The van der Waals surface area contributed by atoms with Crippen LogP contribution in [0.15, 0.2) is 24.3 Å². The van der Waals surface area contributed by atoms with Crippen LogP contribution in [0.4, 0.5) is 0 Å². The number of benzene rings is 1. The summed E-state index contributed by atoms with van der Waals surface area (Å²) in [5.41, 5.74) is 2.10. The second kappa shape index (κ2) is 7.38. The Labute approximate surface area is 107 Å². The van der Waals surface area contributed by atoms with Gasteiger partial charge in [0.1, 0.15) is 0 Å². The summed E-state index contributed by atoms with van der Waals surface area (Å²) in [7, 11) is 0. The van der Waals surface area contributed by atoms with Crippen LogP contribution in [0.2, 0.25) is 0 Å². The van der Waals surface area contributed by atoms with Gasteiger partial charge in [-0.15, -0.1) is 0 Å². The second-order valence-corrected chi connectivity index (χ2v) is 5.40. The highest BCUT2D eigenvalue weighted by molar-refractivity contribution is 7.98. The lowest BCUT2D eigenvalue weighted by molar-refractivity contribution is -0.136. The van der Waals surface area contributed by atoms with Gasteiger partial charge < -0.3 is 5.11 Å². The Morgan fingerprint density at radius 3 is 2.59 bits per heavy atom. The molecular formula is C14H20O2S. The number of carbonyl (C=O) groups is 1. The lowest BCUT2D eigenvalue weighted by Crippen LogP contribution is -2.03. The Bertz CT molecular complexity index is 363. The summed E-state index contributed by atoms with van der Waals surface area (Å²) in [6.45, 7) is 4.44. The molecule has 1 rings (SSSR count). The minimum absolute atomic E-state index is 0.125. The summed E-state index contributed by atoms with van der Waals surface area (Å²) >= 11 is 1.89. The predicted octanol–water partition coefficient (Wildman–Crippen LogP) is 3.59. The molecule has 0 saturated carbocycles. The van der Waals surface area contributed by atoms with E-state index >= 15 is 0 Å². The van der Waals surface area contributed by atoms with E-state index in [0.29, 0.717) is 0 Å². The van der Waals surface area contributed by atoms with Crippen molar-refractivity contribution in [3.63, 3.8) is 0 Å². The number of carboxylic acids is 1. The zero-order chi connectivity index (χ0) is 12.7. The molecule has 0 amide bonds. The topological polar surface area (TPSA) is 37.3 Å². The third kappa shape index (κ3) is 5.26. The lowest BCUT2D eigenvalue weighted by Gasteiger charge is -2.10. The first-order chi connectivity index (χ1) is 8.13. The summed E-state index contributed by atoms with van der Waals surface area (Å²) in [5, 5.41) is 8.84. The summed E-state index contributed by atoms with van der Waals surface area (Å²) in [6.07, 6.45) is 1.32. The normalized spacial score (nSPS) is 12.4. The minimum atomic E-state index is -0.760. The molecule has 2 nitrogen and oxygen atoms in total. The first-order valence-electron chi connectivity index (χ1n) is 5.99. The molecule has 0 aliphatic carbocycles. The molecule has 0 heterocycles. The molecule has 0 aliphatic rings. The first-order valence-corrected chi connectivity index (χ1v) is 7.15. The fourth-order valence-electron chi connectivity index (χ4n) is 1.52. The average molecular weight is 252 g/mol. The number of thioether (sulfide) groups is 1. The highest BCUT2D eigenvalue weighted by atomic mass is 32.2. The molecule has 1 atom stereocenters. The molecule has 0 fully saturated rings. The summed E-state index contributed by atoms with van der Waals surface area (Å²) in [4.78, 5) is 10.7. The van der Waals surface area contributed by atoms with Crippen molar-refractivity contribution >= 4 is 17.7 Å². The number of aliphatic carboxylic acids is 1. The van der Waals surface area contributed by atoms with E-state index in [9.17, 15) is 4.79 Å². The molecule has 0 aliphatic heterocycles. The maximum Gasteiger partial charge on any atom is 0.307 e. The minimum Gasteiger partial charge on any atom is -0.481 e. The second-order valence-electron chi connectivity index (χ2n) is 4.37. The Morgan fingerprint density at radius 1 is 1.35 bits per heavy atom. The molecular weight excluding hydrogens is 232 g/mol. The van der Waals surface area contributed by atoms with Crippen LogP contribution in [0.1, 0.15) is 31.4 Å². The van der Waals surface area contributed by atoms with E-state index in [1.807, 2.05) is 36.0 Å². The van der Waals surface area contributed by atoms with Gasteiger partial charge in [-0.3, -0.25) is 4.79 Å². The van der Waals surface area contributed by atoms with Gasteiger partial charge in [0.05, 0.1) is 6.42 Å². The summed E-state index contributed by atoms with van der Waals surface area (Å²) in [6, 6.07) is 7.82. The molecule has 1 aromatic rings. The molecule has 3 heteroatoms. The molecule has 0 saturated heterocycles. The van der Waals surface area contributed by atoms with Crippen LogP contribution in [0.3, 0.4) is 0 Å². The van der Waals surface area contributed by atoms with Crippen molar-refractivity contribution in [3.8, 4) is 0 Å². The third-order valence-corrected chi connectivity index (χ3v) is 4.14.